The molecule has 0 saturated heterocycles. The van der Waals surface area contributed by atoms with Crippen LogP contribution in [-0.4, -0.2) is 19.6 Å². The molecule has 6 heteroatoms. The fourth-order valence-corrected chi connectivity index (χ4v) is 8.23. The van der Waals surface area contributed by atoms with Gasteiger partial charge in [0.1, 0.15) is 29.3 Å². The molecule has 4 nitrogen and oxygen atoms in total. The molecule has 2 aromatic heterocycles. The zero-order chi connectivity index (χ0) is 21.3. The number of halogens is 1. The zero-order valence-corrected chi connectivity index (χ0v) is 19.7. The summed E-state index contributed by atoms with van der Waals surface area (Å²) in [6.45, 7) is 4.01. The van der Waals surface area contributed by atoms with Gasteiger partial charge in [-0.1, -0.05) is 54.6 Å². The molecule has 160 valence electrons. The van der Waals surface area contributed by atoms with Crippen molar-refractivity contribution < 1.29 is 12.4 Å². The van der Waals surface area contributed by atoms with E-state index < -0.39 is 7.26 Å². The Morgan fingerprint density at radius 1 is 0.719 bits per heavy atom. The van der Waals surface area contributed by atoms with Crippen LogP contribution in [0.15, 0.2) is 97.2 Å². The Labute approximate surface area is 195 Å². The molecule has 0 radical (unpaired) electrons. The van der Waals surface area contributed by atoms with Crippen LogP contribution in [0, 0.1) is 13.8 Å². The summed E-state index contributed by atoms with van der Waals surface area (Å²) in [5.74, 6) is 0.851. The van der Waals surface area contributed by atoms with Gasteiger partial charge in [-0.3, -0.25) is 4.98 Å². The van der Waals surface area contributed by atoms with E-state index in [2.05, 4.69) is 96.0 Å². The minimum Gasteiger partial charge on any atom is -1.00 e. The van der Waals surface area contributed by atoms with Gasteiger partial charge < -0.3 is 12.4 Å². The Morgan fingerprint density at radius 3 is 1.62 bits per heavy atom. The lowest BCUT2D eigenvalue weighted by molar-refractivity contribution is -0.00000649. The first-order valence-electron chi connectivity index (χ1n) is 10.4. The van der Waals surface area contributed by atoms with E-state index in [1.165, 1.54) is 15.9 Å². The molecule has 0 unspecified atom stereocenters. The fraction of sp³-hybridized carbons (Fsp3) is 0.115. The third-order valence-corrected chi connectivity index (χ3v) is 10.0. The molecule has 0 bridgehead atoms. The first-order valence-corrected chi connectivity index (χ1v) is 12.4. The normalized spacial score (nSPS) is 11.3. The van der Waals surface area contributed by atoms with E-state index in [4.69, 9.17) is 10.1 Å². The molecule has 2 heterocycles. The van der Waals surface area contributed by atoms with Gasteiger partial charge in [-0.05, 0) is 50.2 Å². The lowest BCUT2D eigenvalue weighted by atomic mass is 10.4. The number of fused-ring (bicyclic) bond motifs is 1. The molecule has 0 saturated carbocycles. The van der Waals surface area contributed by atoms with Crippen LogP contribution < -0.4 is 28.3 Å². The highest BCUT2D eigenvalue weighted by Crippen LogP contribution is 2.57. The largest absolute Gasteiger partial charge is 1.00 e. The second-order valence-corrected chi connectivity index (χ2v) is 11.2. The number of nitrogens with zero attached hydrogens (tertiary/aromatic N) is 4. The van der Waals surface area contributed by atoms with Gasteiger partial charge in [0.25, 0.3) is 0 Å². The Balaban J connectivity index is 0.00000245. The fourth-order valence-electron chi connectivity index (χ4n) is 4.19. The summed E-state index contributed by atoms with van der Waals surface area (Å²) < 4.78 is 1.92. The van der Waals surface area contributed by atoms with Gasteiger partial charge in [-0.2, -0.15) is 0 Å². The van der Waals surface area contributed by atoms with Crippen LogP contribution in [0.4, 0.5) is 0 Å². The molecular formula is C26H24ClN4P. The number of aromatic nitrogens is 4. The molecule has 5 aromatic rings. The molecular weight excluding hydrogens is 435 g/mol. The first kappa shape index (κ1) is 22.1. The molecule has 5 rings (SSSR count). The van der Waals surface area contributed by atoms with Crippen molar-refractivity contribution in [1.29, 1.82) is 0 Å². The number of rotatable bonds is 5. The predicted molar refractivity (Wildman–Crippen MR) is 129 cm³/mol. The quantitative estimate of drug-likeness (QED) is 0.372. The van der Waals surface area contributed by atoms with E-state index in [1.807, 2.05) is 24.6 Å². The lowest BCUT2D eigenvalue weighted by Crippen LogP contribution is -3.00. The average molecular weight is 459 g/mol. The zero-order valence-electron chi connectivity index (χ0n) is 18.1. The maximum atomic E-state index is 4.95. The number of hydrogen-bond acceptors (Lipinski definition) is 3. The van der Waals surface area contributed by atoms with Gasteiger partial charge in [0.05, 0.1) is 11.4 Å². The van der Waals surface area contributed by atoms with Crippen LogP contribution in [0.2, 0.25) is 0 Å². The maximum Gasteiger partial charge on any atom is 0.190 e. The monoisotopic (exact) mass is 458 g/mol. The summed E-state index contributed by atoms with van der Waals surface area (Å²) in [6.07, 6.45) is 2.61. The predicted octanol–water partition coefficient (Wildman–Crippen LogP) is 1.24. The molecule has 3 aromatic carbocycles. The average Bonchev–Trinajstić information content (AvgIpc) is 3.27. The summed E-state index contributed by atoms with van der Waals surface area (Å²) in [5.41, 5.74) is 2.72. The molecule has 0 amide bonds. The highest BCUT2D eigenvalue weighted by Gasteiger charge is 2.46. The van der Waals surface area contributed by atoms with Crippen molar-refractivity contribution in [2.24, 2.45) is 0 Å². The summed E-state index contributed by atoms with van der Waals surface area (Å²) in [5, 5.41) is 8.92. The summed E-state index contributed by atoms with van der Waals surface area (Å²) in [4.78, 5) is 9.43. The van der Waals surface area contributed by atoms with Gasteiger partial charge in [-0.25, -0.2) is 9.50 Å². The van der Waals surface area contributed by atoms with Crippen molar-refractivity contribution in [2.75, 3.05) is 0 Å². The van der Waals surface area contributed by atoms with Crippen LogP contribution in [0.3, 0.4) is 0 Å². The topological polar surface area (TPSA) is 43.1 Å². The molecule has 0 aliphatic rings. The SMILES string of the molecule is Cc1ncc(C)n2nc(C[P+](c3ccccc3)(c3ccccc3)c3ccccc3)nc12.[Cl-]. The second kappa shape index (κ2) is 9.20. The Hall–Kier alpha value is -3.07. The molecule has 32 heavy (non-hydrogen) atoms. The van der Waals surface area contributed by atoms with E-state index in [1.54, 1.807) is 0 Å². The van der Waals surface area contributed by atoms with Crippen molar-refractivity contribution in [3.63, 3.8) is 0 Å². The summed E-state index contributed by atoms with van der Waals surface area (Å²) in [6, 6.07) is 32.5. The van der Waals surface area contributed by atoms with Gasteiger partial charge in [-0.15, -0.1) is 5.10 Å². The van der Waals surface area contributed by atoms with Crippen LogP contribution in [0.5, 0.6) is 0 Å². The molecule has 0 spiro atoms. The van der Waals surface area contributed by atoms with Gasteiger partial charge >= 0.3 is 0 Å². The maximum absolute atomic E-state index is 4.95. The Bertz CT molecular complexity index is 1190. The third-order valence-electron chi connectivity index (χ3n) is 5.72. The molecule has 0 aliphatic heterocycles. The number of benzene rings is 3. The van der Waals surface area contributed by atoms with E-state index in [0.717, 1.165) is 29.0 Å². The summed E-state index contributed by atoms with van der Waals surface area (Å²) in [7, 11) is -2.02. The van der Waals surface area contributed by atoms with Crippen molar-refractivity contribution >= 4 is 28.8 Å². The highest BCUT2D eigenvalue weighted by molar-refractivity contribution is 7.95. The van der Waals surface area contributed by atoms with Crippen LogP contribution >= 0.6 is 7.26 Å². The van der Waals surface area contributed by atoms with Crippen molar-refractivity contribution in [2.45, 2.75) is 20.0 Å². The first-order chi connectivity index (χ1) is 15.2. The van der Waals surface area contributed by atoms with E-state index in [0.29, 0.717) is 0 Å². The van der Waals surface area contributed by atoms with Crippen molar-refractivity contribution in [3.8, 4) is 0 Å². The van der Waals surface area contributed by atoms with Crippen molar-refractivity contribution in [1.82, 2.24) is 19.6 Å². The lowest BCUT2D eigenvalue weighted by Gasteiger charge is -2.26. The summed E-state index contributed by atoms with van der Waals surface area (Å²) >= 11 is 0. The smallest absolute Gasteiger partial charge is 0.190 e. The van der Waals surface area contributed by atoms with E-state index >= 15 is 0 Å². The standard InChI is InChI=1S/C26H24N4P.ClH/c1-20-18-27-21(2)26-28-25(29-30(20)26)19-31(22-12-6-3-7-13-22,23-14-8-4-9-15-23)24-16-10-5-11-17-24;/h3-18H,19H2,1-2H3;1H/q+1;/p-1. The van der Waals surface area contributed by atoms with Crippen molar-refractivity contribution in [3.05, 3.63) is 114 Å². The molecule has 0 N–H and O–H groups in total. The van der Waals surface area contributed by atoms with Gasteiger partial charge in [0.2, 0.25) is 0 Å². The number of hydrogen-bond donors (Lipinski definition) is 0. The van der Waals surface area contributed by atoms with Gasteiger partial charge in [0, 0.05) is 6.20 Å². The minimum absolute atomic E-state index is 0. The van der Waals surface area contributed by atoms with E-state index in [9.17, 15) is 0 Å². The Kier molecular flexibility index (Phi) is 6.36. The minimum atomic E-state index is -2.02. The molecule has 0 aliphatic carbocycles. The molecule has 0 fully saturated rings. The van der Waals surface area contributed by atoms with E-state index in [-0.39, 0.29) is 12.4 Å². The second-order valence-electron chi connectivity index (χ2n) is 7.72. The Morgan fingerprint density at radius 2 is 1.19 bits per heavy atom. The van der Waals surface area contributed by atoms with Crippen LogP contribution in [0.25, 0.3) is 5.65 Å². The van der Waals surface area contributed by atoms with Crippen LogP contribution in [-0.2, 0) is 6.16 Å². The third kappa shape index (κ3) is 3.81. The van der Waals surface area contributed by atoms with Gasteiger partial charge in [0.15, 0.2) is 11.5 Å². The van der Waals surface area contributed by atoms with Crippen LogP contribution in [0.1, 0.15) is 17.2 Å². The number of aryl methyl sites for hydroxylation is 2. The molecule has 0 atom stereocenters. The highest BCUT2D eigenvalue weighted by atomic mass is 35.5.